The first kappa shape index (κ1) is 107. The van der Waals surface area contributed by atoms with Gasteiger partial charge in [-0.25, -0.2) is 0 Å². The Kier molecular flexibility index (Phi) is 43.9. The predicted molar refractivity (Wildman–Crippen MR) is 449 cm³/mol. The molecule has 6 heterocycles. The standard InChI is InChI=1S/C27H32F3N3O2.C17H23NO3.C12H13F3N.C11H13F3N2.C7H5BrF3N.C5H10.C4H8O.C4H9.2CH4.2Li/c1-5-26(16-33(24(34)19(26)4)23-17(2)9-8-10-18(23)3)25(35)31-21-13-20(27(28,29)30)14-22(15-21)32-11-6-7-12-32;1-6-17(16(20)21-5)10-18(15(19)13(17)4)14-11(2)8-7-9-12(14)3;1-9-6-10(12(13,14)15)8-11(7-9)16-4-2-3-5-16;12-11(13,14)8-5-9(15)7-10(6-8)16-3-1-2-4-16;8-5-1-4(7(9,10)11)2-6(12)3-5;2*1-2-4-5-3-1;1-3-4-2;;;;/h8-10,13-15,19H,5-7,11-12,16H2,1-4H3,(H,31,35);7-9,13H,6,10H2,1-5H3;6-8H,1-5H2;5-7H,1-4,15H2;1-3H,12H2;1-5H2;1-4H2;1,3-4H2,2H3;2*1H4;;/q;;-1;;;;;-1;;;2*+1/t19-,26-;;;;;;;;;;;/m1.........../s1. The molecular formula is C89H121BrF12Li2N8O6. The van der Waals surface area contributed by atoms with Crippen LogP contribution >= 0.6 is 15.9 Å². The van der Waals surface area contributed by atoms with Crippen LogP contribution in [-0.4, -0.2) is 96.4 Å². The summed E-state index contributed by atoms with van der Waals surface area (Å²) in [4.78, 5) is 61.3. The number of nitrogens with one attached hydrogen (secondary N) is 1. The number of anilines is 8. The Morgan fingerprint density at radius 1 is 0.508 bits per heavy atom. The van der Waals surface area contributed by atoms with Crippen molar-refractivity contribution in [3.05, 3.63) is 178 Å². The molecule has 29 heteroatoms. The van der Waals surface area contributed by atoms with Crippen LogP contribution in [0.5, 0.6) is 0 Å². The Hall–Kier alpha value is -7.14. The molecule has 0 bridgehead atoms. The van der Waals surface area contributed by atoms with Gasteiger partial charge in [-0.3, -0.25) is 19.2 Å². The first-order valence-electron chi connectivity index (χ1n) is 39.3. The SMILES string of the molecule is C.C.C1CCCC1.C1CCOC1.CCC1(C(=O)OC)CN(c2c(C)cccc2C)C(=O)C1C.CC[C@@]1(C(=O)Nc2cc(N3CCCC3)cc(C(F)(F)F)c2)CN(c2c(C)cccc2C)C(=O)[C@H]1C.Nc1cc(Br)cc(C(F)(F)F)c1.Nc1cc(N2CCCC2)cc(C(F)(F)F)c1.[CH2-]CCC.[CH2-]c1cc(N2CCCC2)cc(C(F)(F)F)c1.[Li+].[Li+]. The summed E-state index contributed by atoms with van der Waals surface area (Å²) in [6, 6.07) is 26.5. The van der Waals surface area contributed by atoms with Crippen LogP contribution in [0.25, 0.3) is 0 Å². The van der Waals surface area contributed by atoms with Gasteiger partial charge in [-0.1, -0.05) is 146 Å². The normalized spacial score (nSPS) is 19.3. The van der Waals surface area contributed by atoms with Crippen LogP contribution in [0.2, 0.25) is 0 Å². The Bertz CT molecular complexity index is 3960. The number of nitrogen functional groups attached to an aromatic ring is 2. The topological polar surface area (TPSA) is 167 Å². The molecule has 7 aliphatic rings. The van der Waals surface area contributed by atoms with Gasteiger partial charge in [-0.15, -0.1) is 6.07 Å². The van der Waals surface area contributed by atoms with Crippen molar-refractivity contribution < 1.29 is 119 Å². The number of carbonyl (C=O) groups is 4. The quantitative estimate of drug-likeness (QED) is 0.0371. The molecule has 6 aromatic carbocycles. The molecule has 3 amide bonds. The van der Waals surface area contributed by atoms with E-state index in [1.165, 1.54) is 76.7 Å². The molecule has 646 valence electrons. The molecule has 6 aromatic rings. The van der Waals surface area contributed by atoms with E-state index in [1.54, 1.807) is 34.9 Å². The second kappa shape index (κ2) is 48.5. The molecule has 14 nitrogen and oxygen atoms in total. The van der Waals surface area contributed by atoms with Crippen molar-refractivity contribution in [3.8, 4) is 0 Å². The Morgan fingerprint density at radius 3 is 1.18 bits per heavy atom. The average molecular weight is 1720 g/mol. The van der Waals surface area contributed by atoms with Crippen LogP contribution in [0.15, 0.2) is 114 Å². The molecule has 6 aliphatic heterocycles. The molecule has 4 atom stereocenters. The van der Waals surface area contributed by atoms with Crippen molar-refractivity contribution >= 4 is 85.1 Å². The van der Waals surface area contributed by atoms with E-state index in [1.807, 2.05) is 99.6 Å². The number of nitrogens with two attached hydrogens (primary N) is 2. The molecule has 1 saturated carbocycles. The van der Waals surface area contributed by atoms with Gasteiger partial charge in [0.25, 0.3) is 0 Å². The zero-order valence-corrected chi connectivity index (χ0v) is 70.9. The molecule has 13 rings (SSSR count). The van der Waals surface area contributed by atoms with Crippen molar-refractivity contribution in [1.82, 2.24) is 0 Å². The number of ether oxygens (including phenoxy) is 2. The summed E-state index contributed by atoms with van der Waals surface area (Å²) < 4.78 is 163. The maximum atomic E-state index is 13.7. The van der Waals surface area contributed by atoms with Gasteiger partial charge in [0.2, 0.25) is 17.7 Å². The minimum Gasteiger partial charge on any atom is -0.469 e. The number of esters is 1. The van der Waals surface area contributed by atoms with Crippen molar-refractivity contribution in [2.45, 2.75) is 211 Å². The largest absolute Gasteiger partial charge is 1.00 e. The maximum absolute atomic E-state index is 13.7. The number of benzene rings is 6. The molecule has 5 N–H and O–H groups in total. The summed E-state index contributed by atoms with van der Waals surface area (Å²) in [5.41, 5.74) is 14.2. The monoisotopic (exact) mass is 1720 g/mol. The number of hydrogen-bond donors (Lipinski definition) is 3. The second-order valence-corrected chi connectivity index (χ2v) is 30.9. The van der Waals surface area contributed by atoms with E-state index in [0.717, 1.165) is 154 Å². The van der Waals surface area contributed by atoms with E-state index in [4.69, 9.17) is 20.9 Å². The first-order chi connectivity index (χ1) is 53.6. The number of methoxy groups -OCH3 is 1. The smallest absolute Gasteiger partial charge is 0.469 e. The Labute approximate surface area is 724 Å². The summed E-state index contributed by atoms with van der Waals surface area (Å²) in [5.74, 6) is -1.86. The molecule has 2 unspecified atom stereocenters. The van der Waals surface area contributed by atoms with Crippen LogP contribution in [0.4, 0.5) is 98.2 Å². The third-order valence-electron chi connectivity index (χ3n) is 21.7. The Balaban J connectivity index is 0.000000494. The van der Waals surface area contributed by atoms with Crippen LogP contribution in [-0.2, 0) is 53.4 Å². The number of rotatable bonds is 11. The third-order valence-corrected chi connectivity index (χ3v) is 22.2. The van der Waals surface area contributed by atoms with Crippen LogP contribution < -0.4 is 79.0 Å². The minimum atomic E-state index is -4.53. The van der Waals surface area contributed by atoms with Gasteiger partial charge in [-0.2, -0.15) is 77.7 Å². The van der Waals surface area contributed by atoms with E-state index >= 15 is 0 Å². The summed E-state index contributed by atoms with van der Waals surface area (Å²) in [7, 11) is 1.39. The minimum absolute atomic E-state index is 0. The number of alkyl halides is 12. The van der Waals surface area contributed by atoms with E-state index in [2.05, 4.69) is 42.0 Å². The molecular weight excluding hydrogens is 1600 g/mol. The van der Waals surface area contributed by atoms with Gasteiger partial charge in [0, 0.05) is 115 Å². The molecule has 0 aromatic heterocycles. The summed E-state index contributed by atoms with van der Waals surface area (Å²) in [5, 5.41) is 2.76. The summed E-state index contributed by atoms with van der Waals surface area (Å²) >= 11 is 2.93. The van der Waals surface area contributed by atoms with Gasteiger partial charge in [0.1, 0.15) is 0 Å². The van der Waals surface area contributed by atoms with Crippen molar-refractivity contribution in [1.29, 1.82) is 0 Å². The first-order valence-corrected chi connectivity index (χ1v) is 40.0. The number of nitrogens with zero attached hydrogens (tertiary/aromatic N) is 5. The molecule has 7 fully saturated rings. The third kappa shape index (κ3) is 29.6. The number of aryl methyl sites for hydroxylation is 4. The second-order valence-electron chi connectivity index (χ2n) is 30.0. The number of unbranched alkanes of at least 4 members (excludes halogenated alkanes) is 1. The molecule has 118 heavy (non-hydrogen) atoms. The zero-order valence-electron chi connectivity index (χ0n) is 69.3. The van der Waals surface area contributed by atoms with Crippen LogP contribution in [0.1, 0.15) is 209 Å². The number of carbonyl (C=O) groups excluding carboxylic acids is 4. The fraction of sp³-hybridized carbons (Fsp3) is 0.528. The van der Waals surface area contributed by atoms with Crippen molar-refractivity contribution in [2.24, 2.45) is 22.7 Å². The van der Waals surface area contributed by atoms with Crippen molar-refractivity contribution in [2.75, 3.05) is 114 Å². The van der Waals surface area contributed by atoms with E-state index in [0.29, 0.717) is 59.6 Å². The van der Waals surface area contributed by atoms with E-state index in [9.17, 15) is 71.9 Å². The Morgan fingerprint density at radius 2 is 0.839 bits per heavy atom. The van der Waals surface area contributed by atoms with Gasteiger partial charge in [0.15, 0.2) is 0 Å². The fourth-order valence-corrected chi connectivity index (χ4v) is 15.5. The van der Waals surface area contributed by atoms with Crippen LogP contribution in [0.3, 0.4) is 0 Å². The number of amides is 3. The zero-order chi connectivity index (χ0) is 84.7. The van der Waals surface area contributed by atoms with Crippen LogP contribution in [0, 0.1) is 64.2 Å². The van der Waals surface area contributed by atoms with Gasteiger partial charge in [-0.05, 0) is 174 Å². The van der Waals surface area contributed by atoms with E-state index in [-0.39, 0.29) is 99.9 Å². The fourth-order valence-electron chi connectivity index (χ4n) is 15.0. The summed E-state index contributed by atoms with van der Waals surface area (Å²) in [6.45, 7) is 31.7. The van der Waals surface area contributed by atoms with E-state index < -0.39 is 69.6 Å². The molecule has 1 aliphatic carbocycles. The molecule has 0 spiro atoms. The van der Waals surface area contributed by atoms with Crippen molar-refractivity contribution in [3.63, 3.8) is 0 Å². The maximum Gasteiger partial charge on any atom is 1.00 e. The van der Waals surface area contributed by atoms with Gasteiger partial charge in [0.05, 0.1) is 46.5 Å². The average Bonchev–Trinajstić information content (AvgIpc) is 1.60. The number of halogens is 13. The molecule has 0 radical (unpaired) electrons. The predicted octanol–water partition coefficient (Wildman–Crippen LogP) is 17.9. The van der Waals surface area contributed by atoms with Gasteiger partial charge >= 0.3 is 68.4 Å². The van der Waals surface area contributed by atoms with Gasteiger partial charge < -0.3 is 57.7 Å². The number of para-hydroxylation sites is 2. The summed E-state index contributed by atoms with van der Waals surface area (Å²) in [6.07, 6.45) is 1.80. The number of hydrogen-bond acceptors (Lipinski definition) is 11. The molecule has 6 saturated heterocycles.